The second-order valence-corrected chi connectivity index (χ2v) is 8.19. The zero-order valence-electron chi connectivity index (χ0n) is 16.7. The van der Waals surface area contributed by atoms with Crippen LogP contribution in [0.3, 0.4) is 0 Å². The lowest BCUT2D eigenvalue weighted by molar-refractivity contribution is -0.118. The number of phenols is 1. The summed E-state index contributed by atoms with van der Waals surface area (Å²) < 4.78 is 7.42. The molecular weight excluding hydrogens is 392 g/mol. The molecular formula is C21H23ClN4O3. The lowest BCUT2D eigenvalue weighted by atomic mass is 9.86. The molecule has 0 aliphatic heterocycles. The van der Waals surface area contributed by atoms with Gasteiger partial charge in [0.05, 0.1) is 16.4 Å². The normalized spacial score (nSPS) is 11.3. The molecule has 0 saturated carbocycles. The van der Waals surface area contributed by atoms with Crippen LogP contribution >= 0.6 is 11.6 Å². The maximum atomic E-state index is 12.5. The number of halogens is 1. The predicted octanol–water partition coefficient (Wildman–Crippen LogP) is 4.25. The van der Waals surface area contributed by atoms with Gasteiger partial charge in [0.15, 0.2) is 12.4 Å². The Bertz CT molecular complexity index is 1030. The molecule has 2 aromatic carbocycles. The Balaban J connectivity index is 1.76. The number of rotatable bonds is 5. The highest BCUT2D eigenvalue weighted by Gasteiger charge is 2.19. The minimum Gasteiger partial charge on any atom is -0.504 e. The van der Waals surface area contributed by atoms with Gasteiger partial charge in [0, 0.05) is 0 Å². The van der Waals surface area contributed by atoms with Crippen LogP contribution in [0.2, 0.25) is 5.02 Å². The van der Waals surface area contributed by atoms with Crippen LogP contribution in [-0.2, 0) is 10.2 Å². The Morgan fingerprint density at radius 3 is 2.55 bits per heavy atom. The molecule has 152 valence electrons. The largest absolute Gasteiger partial charge is 0.504 e. The third kappa shape index (κ3) is 4.86. The van der Waals surface area contributed by atoms with Crippen molar-refractivity contribution in [1.29, 1.82) is 0 Å². The Labute approximate surface area is 174 Å². The molecule has 1 aromatic heterocycles. The van der Waals surface area contributed by atoms with Gasteiger partial charge in [-0.2, -0.15) is 0 Å². The van der Waals surface area contributed by atoms with E-state index in [4.69, 9.17) is 16.3 Å². The summed E-state index contributed by atoms with van der Waals surface area (Å²) in [6.07, 6.45) is 3.11. The number of anilines is 1. The van der Waals surface area contributed by atoms with Crippen LogP contribution in [0.5, 0.6) is 11.5 Å². The molecule has 3 aromatic rings. The second-order valence-electron chi connectivity index (χ2n) is 7.78. The van der Waals surface area contributed by atoms with E-state index >= 15 is 0 Å². The van der Waals surface area contributed by atoms with Gasteiger partial charge >= 0.3 is 0 Å². The van der Waals surface area contributed by atoms with Crippen molar-refractivity contribution >= 4 is 23.2 Å². The van der Waals surface area contributed by atoms with E-state index in [9.17, 15) is 9.90 Å². The van der Waals surface area contributed by atoms with Gasteiger partial charge < -0.3 is 15.2 Å². The standard InChI is InChI=1S/C21H23ClN4O3/c1-13-5-6-18(17(7-13)26-11-23-24-12-26)29-10-19(27)25-16-9-14(21(2,3)4)8-15(22)20(16)28/h5-9,11-12,28H,10H2,1-4H3,(H,25,27). The quantitative estimate of drug-likeness (QED) is 0.609. The average molecular weight is 415 g/mol. The molecule has 0 atom stereocenters. The first-order valence-corrected chi connectivity index (χ1v) is 9.44. The van der Waals surface area contributed by atoms with E-state index in [-0.39, 0.29) is 28.5 Å². The molecule has 2 N–H and O–H groups in total. The minimum atomic E-state index is -0.419. The van der Waals surface area contributed by atoms with Crippen molar-refractivity contribution in [1.82, 2.24) is 14.8 Å². The number of aromatic nitrogens is 3. The number of hydrogen-bond donors (Lipinski definition) is 2. The van der Waals surface area contributed by atoms with E-state index in [0.717, 1.165) is 16.8 Å². The Kier molecular flexibility index (Phi) is 5.79. The highest BCUT2D eigenvalue weighted by atomic mass is 35.5. The monoisotopic (exact) mass is 414 g/mol. The number of aromatic hydroxyl groups is 1. The van der Waals surface area contributed by atoms with Crippen molar-refractivity contribution in [2.45, 2.75) is 33.1 Å². The summed E-state index contributed by atoms with van der Waals surface area (Å²) in [5, 5.41) is 20.7. The number of aryl methyl sites for hydroxylation is 1. The summed E-state index contributed by atoms with van der Waals surface area (Å²) >= 11 is 6.13. The smallest absolute Gasteiger partial charge is 0.262 e. The fourth-order valence-electron chi connectivity index (χ4n) is 2.73. The van der Waals surface area contributed by atoms with E-state index in [1.807, 2.05) is 39.8 Å². The summed E-state index contributed by atoms with van der Waals surface area (Å²) in [6, 6.07) is 9.00. The third-order valence-corrected chi connectivity index (χ3v) is 4.66. The zero-order chi connectivity index (χ0) is 21.2. The van der Waals surface area contributed by atoms with Crippen molar-refractivity contribution in [3.05, 3.63) is 59.1 Å². The molecule has 7 nitrogen and oxygen atoms in total. The SMILES string of the molecule is Cc1ccc(OCC(=O)Nc2cc(C(C)(C)C)cc(Cl)c2O)c(-n2cnnc2)c1. The van der Waals surface area contributed by atoms with Crippen LogP contribution in [0.15, 0.2) is 43.0 Å². The molecule has 0 aliphatic rings. The Morgan fingerprint density at radius 1 is 1.21 bits per heavy atom. The van der Waals surface area contributed by atoms with Crippen molar-refractivity contribution in [2.24, 2.45) is 0 Å². The van der Waals surface area contributed by atoms with Crippen LogP contribution in [0, 0.1) is 6.92 Å². The second kappa shape index (κ2) is 8.13. The third-order valence-electron chi connectivity index (χ3n) is 4.37. The molecule has 1 amide bonds. The lowest BCUT2D eigenvalue weighted by Crippen LogP contribution is -2.21. The van der Waals surface area contributed by atoms with Crippen LogP contribution in [0.4, 0.5) is 5.69 Å². The molecule has 0 bridgehead atoms. The van der Waals surface area contributed by atoms with Gasteiger partial charge in [-0.3, -0.25) is 9.36 Å². The minimum absolute atomic E-state index is 0.173. The molecule has 0 unspecified atom stereocenters. The number of carbonyl (C=O) groups excluding carboxylic acids is 1. The summed E-state index contributed by atoms with van der Waals surface area (Å²) in [6.45, 7) is 7.78. The first kappa shape index (κ1) is 20.7. The number of phenolic OH excluding ortho intramolecular Hbond substituents is 1. The Morgan fingerprint density at radius 2 is 1.90 bits per heavy atom. The fraction of sp³-hybridized carbons (Fsp3) is 0.286. The van der Waals surface area contributed by atoms with Crippen molar-refractivity contribution in [3.63, 3.8) is 0 Å². The maximum Gasteiger partial charge on any atom is 0.262 e. The van der Waals surface area contributed by atoms with Gasteiger partial charge in [0.1, 0.15) is 18.4 Å². The topological polar surface area (TPSA) is 89.3 Å². The molecule has 29 heavy (non-hydrogen) atoms. The fourth-order valence-corrected chi connectivity index (χ4v) is 2.95. The average Bonchev–Trinajstić information content (AvgIpc) is 3.18. The highest BCUT2D eigenvalue weighted by molar-refractivity contribution is 6.32. The number of amides is 1. The van der Waals surface area contributed by atoms with Gasteiger partial charge in [0.25, 0.3) is 5.91 Å². The van der Waals surface area contributed by atoms with Crippen molar-refractivity contribution in [3.8, 4) is 17.2 Å². The van der Waals surface area contributed by atoms with Gasteiger partial charge in [-0.25, -0.2) is 0 Å². The number of benzene rings is 2. The lowest BCUT2D eigenvalue weighted by Gasteiger charge is -2.21. The molecule has 0 saturated heterocycles. The van der Waals surface area contributed by atoms with E-state index in [1.165, 1.54) is 0 Å². The van der Waals surface area contributed by atoms with Gasteiger partial charge in [-0.05, 0) is 47.7 Å². The number of hydrogen-bond acceptors (Lipinski definition) is 5. The molecule has 0 aliphatic carbocycles. The first-order chi connectivity index (χ1) is 13.6. The van der Waals surface area contributed by atoms with E-state index in [2.05, 4.69) is 15.5 Å². The zero-order valence-corrected chi connectivity index (χ0v) is 17.5. The molecule has 1 heterocycles. The van der Waals surface area contributed by atoms with E-state index in [1.54, 1.807) is 35.4 Å². The number of nitrogens with one attached hydrogen (secondary N) is 1. The van der Waals surface area contributed by atoms with Crippen molar-refractivity contribution in [2.75, 3.05) is 11.9 Å². The highest BCUT2D eigenvalue weighted by Crippen LogP contribution is 2.37. The Hall–Kier alpha value is -3.06. The summed E-state index contributed by atoms with van der Waals surface area (Å²) in [5.41, 5.74) is 2.71. The van der Waals surface area contributed by atoms with Crippen LogP contribution in [0.25, 0.3) is 5.69 Å². The maximum absolute atomic E-state index is 12.5. The van der Waals surface area contributed by atoms with E-state index < -0.39 is 5.91 Å². The van der Waals surface area contributed by atoms with Crippen LogP contribution in [0.1, 0.15) is 31.9 Å². The molecule has 0 spiro atoms. The molecule has 8 heteroatoms. The van der Waals surface area contributed by atoms with Crippen LogP contribution in [-0.4, -0.2) is 32.4 Å². The van der Waals surface area contributed by atoms with Gasteiger partial charge in [0.2, 0.25) is 0 Å². The van der Waals surface area contributed by atoms with Crippen molar-refractivity contribution < 1.29 is 14.6 Å². The number of carbonyl (C=O) groups is 1. The van der Waals surface area contributed by atoms with Gasteiger partial charge in [-0.1, -0.05) is 38.4 Å². The number of ether oxygens (including phenoxy) is 1. The first-order valence-electron chi connectivity index (χ1n) is 9.06. The predicted molar refractivity (Wildman–Crippen MR) is 112 cm³/mol. The van der Waals surface area contributed by atoms with Gasteiger partial charge in [-0.15, -0.1) is 10.2 Å². The summed E-state index contributed by atoms with van der Waals surface area (Å²) in [4.78, 5) is 12.5. The molecule has 3 rings (SSSR count). The summed E-state index contributed by atoms with van der Waals surface area (Å²) in [7, 11) is 0. The van der Waals surface area contributed by atoms with Crippen LogP contribution < -0.4 is 10.1 Å². The molecule has 0 fully saturated rings. The van der Waals surface area contributed by atoms with E-state index in [0.29, 0.717) is 5.75 Å². The molecule has 0 radical (unpaired) electrons. The summed E-state index contributed by atoms with van der Waals surface area (Å²) in [5.74, 6) is -0.0810. The number of nitrogens with zero attached hydrogens (tertiary/aromatic N) is 3.